The minimum Gasteiger partial charge on any atom is -0.497 e. The van der Waals surface area contributed by atoms with E-state index in [2.05, 4.69) is 56.9 Å². The zero-order valence-electron chi connectivity index (χ0n) is 20.2. The molecule has 0 aromatic heterocycles. The summed E-state index contributed by atoms with van der Waals surface area (Å²) in [7, 11) is 5.27. The van der Waals surface area contributed by atoms with Crippen LogP contribution in [0, 0.1) is 6.92 Å². The van der Waals surface area contributed by atoms with Gasteiger partial charge in [-0.1, -0.05) is 42.0 Å². The quantitative estimate of drug-likeness (QED) is 0.496. The van der Waals surface area contributed by atoms with E-state index in [0.717, 1.165) is 46.5 Å². The van der Waals surface area contributed by atoms with Gasteiger partial charge in [0.05, 0.1) is 19.3 Å². The number of allylic oxidation sites excluding steroid dienone is 7. The van der Waals surface area contributed by atoms with Crippen LogP contribution in [0.1, 0.15) is 35.6 Å². The van der Waals surface area contributed by atoms with Gasteiger partial charge in [0, 0.05) is 19.7 Å². The van der Waals surface area contributed by atoms with Gasteiger partial charge in [-0.25, -0.2) is 4.79 Å². The number of nitrogens with zero attached hydrogens (tertiary/aromatic N) is 2. The summed E-state index contributed by atoms with van der Waals surface area (Å²) in [6.07, 6.45) is 12.4. The second kappa shape index (κ2) is 9.14. The highest BCUT2D eigenvalue weighted by Gasteiger charge is 2.31. The standard InChI is InChI=1S/C29H32N2O2/c1-7-9-24-20(3)28-27(17-26(24)21-11-8-10-19(2)12-13-21)25-15-14-23(33-6)16-22(25)18-31(28)29(32)30(4)5/h7-8,10,12-17H,1,9,11,18H2,2-6H3. The molecule has 1 aliphatic carbocycles. The predicted molar refractivity (Wildman–Crippen MR) is 138 cm³/mol. The van der Waals surface area contributed by atoms with Crippen molar-refractivity contribution in [3.63, 3.8) is 0 Å². The van der Waals surface area contributed by atoms with Crippen LogP contribution in [0.3, 0.4) is 0 Å². The normalized spacial score (nSPS) is 14.5. The van der Waals surface area contributed by atoms with Gasteiger partial charge in [-0.05, 0) is 78.3 Å². The first-order chi connectivity index (χ1) is 15.8. The van der Waals surface area contributed by atoms with Crippen molar-refractivity contribution < 1.29 is 9.53 Å². The second-order valence-electron chi connectivity index (χ2n) is 8.91. The lowest BCUT2D eigenvalue weighted by atomic mass is 9.83. The molecule has 2 aromatic rings. The Morgan fingerprint density at radius 1 is 1.15 bits per heavy atom. The van der Waals surface area contributed by atoms with Crippen LogP contribution >= 0.6 is 0 Å². The number of anilines is 1. The number of hydrogen-bond acceptors (Lipinski definition) is 2. The molecule has 0 saturated heterocycles. The van der Waals surface area contributed by atoms with Crippen LogP contribution in [-0.4, -0.2) is 32.1 Å². The van der Waals surface area contributed by atoms with E-state index in [0.29, 0.717) is 6.54 Å². The fourth-order valence-corrected chi connectivity index (χ4v) is 4.77. The monoisotopic (exact) mass is 440 g/mol. The van der Waals surface area contributed by atoms with Gasteiger partial charge in [0.25, 0.3) is 0 Å². The van der Waals surface area contributed by atoms with Crippen molar-refractivity contribution in [2.24, 2.45) is 0 Å². The zero-order valence-corrected chi connectivity index (χ0v) is 20.2. The molecule has 0 N–H and O–H groups in total. The number of ether oxygens (including phenoxy) is 1. The number of methoxy groups -OCH3 is 1. The smallest absolute Gasteiger partial charge is 0.324 e. The molecule has 4 nitrogen and oxygen atoms in total. The van der Waals surface area contributed by atoms with E-state index in [1.54, 1.807) is 26.1 Å². The Bertz CT molecular complexity index is 1210. The van der Waals surface area contributed by atoms with Gasteiger partial charge in [-0.3, -0.25) is 4.90 Å². The Morgan fingerprint density at radius 2 is 1.94 bits per heavy atom. The van der Waals surface area contributed by atoms with Crippen LogP contribution in [0.4, 0.5) is 10.5 Å². The number of urea groups is 1. The number of hydrogen-bond donors (Lipinski definition) is 0. The molecule has 2 aliphatic rings. The number of carbonyl (C=O) groups is 1. The van der Waals surface area contributed by atoms with Crippen LogP contribution in [0.5, 0.6) is 5.75 Å². The molecule has 2 amide bonds. The van der Waals surface area contributed by atoms with Gasteiger partial charge in [-0.2, -0.15) is 0 Å². The van der Waals surface area contributed by atoms with Crippen molar-refractivity contribution in [1.82, 2.24) is 4.90 Å². The molecule has 2 aromatic carbocycles. The summed E-state index contributed by atoms with van der Waals surface area (Å²) in [5, 5.41) is 0. The third kappa shape index (κ3) is 4.13. The molecule has 0 spiro atoms. The fourth-order valence-electron chi connectivity index (χ4n) is 4.77. The van der Waals surface area contributed by atoms with E-state index in [9.17, 15) is 4.79 Å². The largest absolute Gasteiger partial charge is 0.497 e. The maximum absolute atomic E-state index is 13.3. The molecule has 0 bridgehead atoms. The number of fused-ring (bicyclic) bond motifs is 3. The fraction of sp³-hybridized carbons (Fsp3) is 0.276. The number of carbonyl (C=O) groups excluding carboxylic acids is 1. The molecule has 1 aliphatic heterocycles. The van der Waals surface area contributed by atoms with Crippen LogP contribution in [0.25, 0.3) is 16.7 Å². The Morgan fingerprint density at radius 3 is 2.64 bits per heavy atom. The molecular weight excluding hydrogens is 408 g/mol. The van der Waals surface area contributed by atoms with E-state index in [4.69, 9.17) is 4.74 Å². The number of rotatable bonds is 4. The molecule has 4 rings (SSSR count). The van der Waals surface area contributed by atoms with Gasteiger partial charge < -0.3 is 9.64 Å². The highest BCUT2D eigenvalue weighted by Crippen LogP contribution is 2.46. The average molecular weight is 441 g/mol. The summed E-state index contributed by atoms with van der Waals surface area (Å²) in [6, 6.07) is 8.40. The first kappa shape index (κ1) is 22.7. The SMILES string of the molecule is C=CCc1c(C2=CC=C(C)C=CC2)cc2c(c1C)N(C(=O)N(C)C)Cc1cc(OC)ccc1-2. The molecule has 4 heteroatoms. The lowest BCUT2D eigenvalue weighted by Gasteiger charge is -2.36. The lowest BCUT2D eigenvalue weighted by molar-refractivity contribution is 0.223. The van der Waals surface area contributed by atoms with Crippen molar-refractivity contribution in [3.8, 4) is 16.9 Å². The average Bonchev–Trinajstić information content (AvgIpc) is 3.03. The molecule has 0 radical (unpaired) electrons. The topological polar surface area (TPSA) is 32.8 Å². The molecule has 1 heterocycles. The third-order valence-electron chi connectivity index (χ3n) is 6.45. The second-order valence-corrected chi connectivity index (χ2v) is 8.91. The summed E-state index contributed by atoms with van der Waals surface area (Å²) in [5.41, 5.74) is 10.4. The zero-order chi connectivity index (χ0) is 23.7. The molecule has 0 fully saturated rings. The van der Waals surface area contributed by atoms with Crippen LogP contribution in [0.15, 0.2) is 66.8 Å². The van der Waals surface area contributed by atoms with Gasteiger partial charge in [0.15, 0.2) is 0 Å². The molecule has 0 unspecified atom stereocenters. The van der Waals surface area contributed by atoms with E-state index >= 15 is 0 Å². The van der Waals surface area contributed by atoms with E-state index < -0.39 is 0 Å². The molecular formula is C29H32N2O2. The first-order valence-electron chi connectivity index (χ1n) is 11.3. The molecule has 0 atom stereocenters. The number of benzene rings is 2. The maximum atomic E-state index is 13.3. The third-order valence-corrected chi connectivity index (χ3v) is 6.45. The number of amides is 2. The summed E-state index contributed by atoms with van der Waals surface area (Å²) >= 11 is 0. The van der Waals surface area contributed by atoms with Crippen LogP contribution < -0.4 is 9.64 Å². The minimum absolute atomic E-state index is 0.0275. The Kier molecular flexibility index (Phi) is 6.28. The van der Waals surface area contributed by atoms with Crippen molar-refractivity contribution in [3.05, 3.63) is 89.1 Å². The Labute approximate surface area is 197 Å². The molecule has 33 heavy (non-hydrogen) atoms. The lowest BCUT2D eigenvalue weighted by Crippen LogP contribution is -2.41. The van der Waals surface area contributed by atoms with Gasteiger partial charge in [0.2, 0.25) is 0 Å². The molecule has 0 saturated carbocycles. The Balaban J connectivity index is 2.02. The van der Waals surface area contributed by atoms with Crippen molar-refractivity contribution in [1.29, 1.82) is 0 Å². The highest BCUT2D eigenvalue weighted by molar-refractivity contribution is 6.02. The summed E-state index contributed by atoms with van der Waals surface area (Å²) < 4.78 is 5.48. The molecule has 170 valence electrons. The van der Waals surface area contributed by atoms with Crippen molar-refractivity contribution in [2.45, 2.75) is 33.2 Å². The highest BCUT2D eigenvalue weighted by atomic mass is 16.5. The van der Waals surface area contributed by atoms with Crippen molar-refractivity contribution in [2.75, 3.05) is 26.1 Å². The predicted octanol–water partition coefficient (Wildman–Crippen LogP) is 6.69. The first-order valence-corrected chi connectivity index (χ1v) is 11.3. The summed E-state index contributed by atoms with van der Waals surface area (Å²) in [5.74, 6) is 0.798. The van der Waals surface area contributed by atoms with Crippen LogP contribution in [0.2, 0.25) is 0 Å². The summed E-state index contributed by atoms with van der Waals surface area (Å²) in [4.78, 5) is 16.8. The van der Waals surface area contributed by atoms with E-state index in [-0.39, 0.29) is 6.03 Å². The van der Waals surface area contributed by atoms with Crippen LogP contribution in [-0.2, 0) is 13.0 Å². The van der Waals surface area contributed by atoms with E-state index in [1.165, 1.54) is 22.3 Å². The summed E-state index contributed by atoms with van der Waals surface area (Å²) in [6.45, 7) is 8.78. The minimum atomic E-state index is -0.0275. The maximum Gasteiger partial charge on any atom is 0.324 e. The van der Waals surface area contributed by atoms with Gasteiger partial charge >= 0.3 is 6.03 Å². The van der Waals surface area contributed by atoms with Gasteiger partial charge in [-0.15, -0.1) is 6.58 Å². The Hall–Kier alpha value is -3.53. The van der Waals surface area contributed by atoms with Crippen molar-refractivity contribution >= 4 is 17.3 Å². The van der Waals surface area contributed by atoms with Gasteiger partial charge in [0.1, 0.15) is 5.75 Å². The van der Waals surface area contributed by atoms with E-state index in [1.807, 2.05) is 23.1 Å².